The van der Waals surface area contributed by atoms with Crippen molar-refractivity contribution in [2.75, 3.05) is 18.5 Å². The van der Waals surface area contributed by atoms with Gasteiger partial charge in [-0.2, -0.15) is 0 Å². The topological polar surface area (TPSA) is 86.5 Å². The van der Waals surface area contributed by atoms with Crippen LogP contribution in [0.4, 0.5) is 5.69 Å². The first kappa shape index (κ1) is 18.2. The van der Waals surface area contributed by atoms with Crippen LogP contribution in [-0.2, 0) is 5.54 Å². The zero-order valence-electron chi connectivity index (χ0n) is 15.2. The van der Waals surface area contributed by atoms with E-state index in [-0.39, 0.29) is 23.8 Å². The van der Waals surface area contributed by atoms with Gasteiger partial charge in [0.1, 0.15) is 5.58 Å². The zero-order chi connectivity index (χ0) is 19.0. The van der Waals surface area contributed by atoms with Crippen molar-refractivity contribution in [2.24, 2.45) is 0 Å². The molecule has 2 aromatic rings. The lowest BCUT2D eigenvalue weighted by Gasteiger charge is -2.44. The van der Waals surface area contributed by atoms with Gasteiger partial charge in [-0.25, -0.2) is 0 Å². The van der Waals surface area contributed by atoms with Crippen LogP contribution in [0.5, 0.6) is 0 Å². The Morgan fingerprint density at radius 3 is 2.85 bits per heavy atom. The molecule has 4 rings (SSSR count). The Morgan fingerprint density at radius 1 is 1.33 bits per heavy atom. The monoisotopic (exact) mass is 389 g/mol. The van der Waals surface area contributed by atoms with E-state index in [0.717, 1.165) is 48.1 Å². The van der Waals surface area contributed by atoms with Crippen molar-refractivity contribution in [3.8, 4) is 0 Å². The van der Waals surface area contributed by atoms with Gasteiger partial charge in [0.05, 0.1) is 22.1 Å². The Morgan fingerprint density at radius 2 is 2.11 bits per heavy atom. The van der Waals surface area contributed by atoms with Gasteiger partial charge < -0.3 is 25.5 Å². The van der Waals surface area contributed by atoms with Crippen LogP contribution >= 0.6 is 11.6 Å². The highest BCUT2D eigenvalue weighted by Crippen LogP contribution is 2.49. The number of amides is 1. The molecule has 144 valence electrons. The summed E-state index contributed by atoms with van der Waals surface area (Å²) in [5, 5.41) is 19.8. The predicted molar refractivity (Wildman–Crippen MR) is 106 cm³/mol. The van der Waals surface area contributed by atoms with Crippen LogP contribution in [0.2, 0.25) is 5.02 Å². The van der Waals surface area contributed by atoms with Crippen LogP contribution in [-0.4, -0.2) is 24.2 Å². The van der Waals surface area contributed by atoms with Crippen molar-refractivity contribution in [1.29, 1.82) is 0 Å². The number of carbonyl (C=O) groups excluding carboxylic acids is 1. The number of hydrogen-bond donors (Lipinski definition) is 4. The van der Waals surface area contributed by atoms with E-state index in [0.29, 0.717) is 23.6 Å². The molecule has 1 saturated carbocycles. The first-order valence-corrected chi connectivity index (χ1v) is 9.81. The largest absolute Gasteiger partial charge is 0.450 e. The summed E-state index contributed by atoms with van der Waals surface area (Å²) in [4.78, 5) is 12.4. The molecule has 1 amide bonds. The molecule has 6 nitrogen and oxygen atoms in total. The highest BCUT2D eigenvalue weighted by Gasteiger charge is 2.42. The van der Waals surface area contributed by atoms with E-state index in [1.165, 1.54) is 6.42 Å². The van der Waals surface area contributed by atoms with Gasteiger partial charge in [0.25, 0.3) is 5.91 Å². The fourth-order valence-corrected chi connectivity index (χ4v) is 4.53. The van der Waals surface area contributed by atoms with Crippen molar-refractivity contribution in [3.63, 3.8) is 0 Å². The highest BCUT2D eigenvalue weighted by molar-refractivity contribution is 6.34. The molecule has 1 aromatic heterocycles. The third-order valence-electron chi connectivity index (χ3n) is 5.45. The Kier molecular flexibility index (Phi) is 4.78. The number of furan rings is 1. The van der Waals surface area contributed by atoms with Gasteiger partial charge in [0, 0.05) is 24.1 Å². The number of carbonyl (C=O) groups is 1. The molecular weight excluding hydrogens is 366 g/mol. The van der Waals surface area contributed by atoms with Crippen molar-refractivity contribution in [2.45, 2.75) is 44.1 Å². The molecule has 0 atom stereocenters. The summed E-state index contributed by atoms with van der Waals surface area (Å²) in [6.45, 7) is 4.50. The molecule has 0 saturated heterocycles. The van der Waals surface area contributed by atoms with E-state index < -0.39 is 0 Å². The Labute approximate surface area is 162 Å². The summed E-state index contributed by atoms with van der Waals surface area (Å²) in [7, 11) is 0. The van der Waals surface area contributed by atoms with Gasteiger partial charge in [-0.15, -0.1) is 0 Å². The van der Waals surface area contributed by atoms with Crippen LogP contribution in [0.15, 0.2) is 28.9 Å². The minimum Gasteiger partial charge on any atom is -0.450 e. The second-order valence-corrected chi connectivity index (χ2v) is 7.75. The van der Waals surface area contributed by atoms with Crippen LogP contribution in [0, 0.1) is 0 Å². The third-order valence-corrected chi connectivity index (χ3v) is 5.75. The van der Waals surface area contributed by atoms with E-state index in [9.17, 15) is 4.79 Å². The molecule has 1 spiro atoms. The number of benzene rings is 1. The maximum absolute atomic E-state index is 12.4. The standard InChI is InChI=1S/C20H24ClN3O3/c1-12-23-17-14(21)10-13-11-15(19(26)22-8-5-9-25)27-18(13)16(17)20(24-12)6-3-2-4-7-20/h10-11,23-25H,1-9H2,(H,22,26). The SMILES string of the molecule is C=C1Nc2c(Cl)cc3cc(C(=O)NCCCO)oc3c2C2(CCCCC2)N1. The fraction of sp³-hybridized carbons (Fsp3) is 0.450. The van der Waals surface area contributed by atoms with Crippen LogP contribution in [0.1, 0.15) is 54.6 Å². The molecule has 1 fully saturated rings. The Balaban J connectivity index is 1.82. The van der Waals surface area contributed by atoms with Crippen molar-refractivity contribution < 1.29 is 14.3 Å². The van der Waals surface area contributed by atoms with Gasteiger partial charge >= 0.3 is 0 Å². The smallest absolute Gasteiger partial charge is 0.287 e. The number of aliphatic hydroxyl groups is 1. The van der Waals surface area contributed by atoms with E-state index in [1.807, 2.05) is 6.07 Å². The zero-order valence-corrected chi connectivity index (χ0v) is 15.9. The maximum Gasteiger partial charge on any atom is 0.287 e. The first-order chi connectivity index (χ1) is 13.0. The van der Waals surface area contributed by atoms with Gasteiger partial charge in [-0.05, 0) is 31.4 Å². The number of anilines is 1. The van der Waals surface area contributed by atoms with Crippen LogP contribution in [0.25, 0.3) is 11.0 Å². The fourth-order valence-electron chi connectivity index (χ4n) is 4.27. The summed E-state index contributed by atoms with van der Waals surface area (Å²) in [5.74, 6) is 0.699. The van der Waals surface area contributed by atoms with E-state index in [2.05, 4.69) is 22.5 Å². The van der Waals surface area contributed by atoms with Crippen LogP contribution in [0.3, 0.4) is 0 Å². The van der Waals surface area contributed by atoms with Crippen molar-refractivity contribution in [3.05, 3.63) is 40.9 Å². The first-order valence-electron chi connectivity index (χ1n) is 9.44. The summed E-state index contributed by atoms with van der Waals surface area (Å²) < 4.78 is 6.03. The molecule has 1 aromatic carbocycles. The molecule has 1 aliphatic carbocycles. The highest BCUT2D eigenvalue weighted by atomic mass is 35.5. The predicted octanol–water partition coefficient (Wildman–Crippen LogP) is 3.84. The average Bonchev–Trinajstić information content (AvgIpc) is 3.06. The van der Waals surface area contributed by atoms with Crippen molar-refractivity contribution in [1.82, 2.24) is 10.6 Å². The molecular formula is C20H24ClN3O3. The molecule has 27 heavy (non-hydrogen) atoms. The normalized spacial score (nSPS) is 18.1. The van der Waals surface area contributed by atoms with E-state index in [1.54, 1.807) is 6.07 Å². The molecule has 1 aliphatic heterocycles. The average molecular weight is 390 g/mol. The van der Waals surface area contributed by atoms with E-state index in [4.69, 9.17) is 21.1 Å². The summed E-state index contributed by atoms with van der Waals surface area (Å²) >= 11 is 6.58. The number of fused-ring (bicyclic) bond motifs is 4. The van der Waals surface area contributed by atoms with Gasteiger partial charge in [-0.3, -0.25) is 4.79 Å². The molecule has 7 heteroatoms. The molecule has 0 radical (unpaired) electrons. The lowest BCUT2D eigenvalue weighted by atomic mass is 9.74. The number of halogens is 1. The minimum absolute atomic E-state index is 0.0350. The maximum atomic E-state index is 12.4. The minimum atomic E-state index is -0.289. The molecule has 4 N–H and O–H groups in total. The number of hydrogen-bond acceptors (Lipinski definition) is 5. The van der Waals surface area contributed by atoms with Gasteiger partial charge in [-0.1, -0.05) is 37.4 Å². The number of rotatable bonds is 4. The van der Waals surface area contributed by atoms with Crippen molar-refractivity contribution >= 4 is 34.2 Å². The third kappa shape index (κ3) is 3.17. The molecule has 2 aliphatic rings. The van der Waals surface area contributed by atoms with Crippen LogP contribution < -0.4 is 16.0 Å². The second-order valence-electron chi connectivity index (χ2n) is 7.34. The lowest BCUT2D eigenvalue weighted by molar-refractivity contribution is 0.0925. The number of aliphatic hydroxyl groups excluding tert-OH is 1. The number of nitrogens with one attached hydrogen (secondary N) is 3. The lowest BCUT2D eigenvalue weighted by Crippen LogP contribution is -2.48. The Bertz CT molecular complexity index is 899. The molecule has 2 heterocycles. The Hall–Kier alpha value is -2.18. The quantitative estimate of drug-likeness (QED) is 0.597. The molecule has 0 unspecified atom stereocenters. The second kappa shape index (κ2) is 7.09. The van der Waals surface area contributed by atoms with Gasteiger partial charge in [0.15, 0.2) is 5.76 Å². The summed E-state index contributed by atoms with van der Waals surface area (Å²) in [5.41, 5.74) is 2.22. The van der Waals surface area contributed by atoms with E-state index >= 15 is 0 Å². The summed E-state index contributed by atoms with van der Waals surface area (Å²) in [6, 6.07) is 3.56. The summed E-state index contributed by atoms with van der Waals surface area (Å²) in [6.07, 6.45) is 5.88. The molecule has 0 bridgehead atoms. The van der Waals surface area contributed by atoms with Gasteiger partial charge in [0.2, 0.25) is 0 Å².